The zero-order chi connectivity index (χ0) is 19.5. The van der Waals surface area contributed by atoms with E-state index >= 15 is 0 Å². The van der Waals surface area contributed by atoms with Gasteiger partial charge in [0, 0.05) is 0 Å². The van der Waals surface area contributed by atoms with Crippen molar-refractivity contribution in [2.24, 2.45) is 5.41 Å². The van der Waals surface area contributed by atoms with Crippen LogP contribution in [0, 0.1) is 5.41 Å². The number of hydrazine groups is 1. The van der Waals surface area contributed by atoms with E-state index in [9.17, 15) is 19.2 Å². The number of carbonyl (C=O) groups is 4. The molecule has 9 heteroatoms. The Hall–Kier alpha value is -2.58. The number of Topliss-reactive ketones (excluding diaryl/α,β-unsaturated/α-hetero) is 1. The van der Waals surface area contributed by atoms with E-state index in [0.717, 1.165) is 21.2 Å². The maximum Gasteiger partial charge on any atom is 0.429 e. The molecule has 0 bridgehead atoms. The lowest BCUT2D eigenvalue weighted by molar-refractivity contribution is -0.156. The van der Waals surface area contributed by atoms with E-state index in [-0.39, 0.29) is 44.9 Å². The van der Waals surface area contributed by atoms with Crippen molar-refractivity contribution < 1.29 is 33.4 Å². The molecule has 26 heavy (non-hydrogen) atoms. The minimum atomic E-state index is -1.30. The van der Waals surface area contributed by atoms with Gasteiger partial charge in [0.1, 0.15) is 11.2 Å². The highest BCUT2D eigenvalue weighted by atomic mass is 16.6. The second-order valence-electron chi connectivity index (χ2n) is 6.20. The first-order valence-electron chi connectivity index (χ1n) is 8.48. The third-order valence-electron chi connectivity index (χ3n) is 4.71. The fourth-order valence-corrected chi connectivity index (χ4v) is 3.36. The topological polar surface area (TPSA) is 102 Å². The monoisotopic (exact) mass is 368 g/mol. The number of methoxy groups -OCH3 is 1. The van der Waals surface area contributed by atoms with Crippen LogP contribution >= 0.6 is 0 Å². The van der Waals surface area contributed by atoms with Crippen LogP contribution in [0.5, 0.6) is 0 Å². The Labute approximate surface area is 151 Å². The fraction of sp³-hybridized carbons (Fsp3) is 0.647. The SMILES string of the molecule is CCOC(=O)N1CC2=C(CN1C(=O)OCC)CC(C(C)=O)(C(=O)OC)C2. The van der Waals surface area contributed by atoms with Crippen LogP contribution in [-0.2, 0) is 23.8 Å². The number of esters is 1. The predicted molar refractivity (Wildman–Crippen MR) is 88.8 cm³/mol. The highest BCUT2D eigenvalue weighted by Gasteiger charge is 2.52. The normalized spacial score (nSPS) is 18.3. The summed E-state index contributed by atoms with van der Waals surface area (Å²) in [6, 6.07) is 0. The molecule has 1 heterocycles. The van der Waals surface area contributed by atoms with Crippen molar-refractivity contribution in [3.63, 3.8) is 0 Å². The highest BCUT2D eigenvalue weighted by Crippen LogP contribution is 2.46. The summed E-state index contributed by atoms with van der Waals surface area (Å²) in [5.41, 5.74) is 0.225. The standard InChI is InChI=1S/C17H24N2O7/c1-5-25-15(22)18-9-12-7-17(11(3)20,14(21)24-4)8-13(12)10-19(18)16(23)26-6-2/h5-10H2,1-4H3. The van der Waals surface area contributed by atoms with E-state index in [1.807, 2.05) is 0 Å². The van der Waals surface area contributed by atoms with Crippen molar-refractivity contribution in [3.8, 4) is 0 Å². The average Bonchev–Trinajstić information content (AvgIpc) is 3.00. The molecule has 1 aliphatic carbocycles. The van der Waals surface area contributed by atoms with Gasteiger partial charge in [0.05, 0.1) is 33.4 Å². The van der Waals surface area contributed by atoms with Crippen LogP contribution < -0.4 is 0 Å². The molecular formula is C17H24N2O7. The van der Waals surface area contributed by atoms with Crippen LogP contribution in [0.15, 0.2) is 11.1 Å². The summed E-state index contributed by atoms with van der Waals surface area (Å²) in [4.78, 5) is 49.0. The van der Waals surface area contributed by atoms with Gasteiger partial charge in [-0.2, -0.15) is 0 Å². The predicted octanol–water partition coefficient (Wildman–Crippen LogP) is 1.67. The Morgan fingerprint density at radius 2 is 1.35 bits per heavy atom. The Balaban J connectivity index is 2.32. The number of nitrogens with zero attached hydrogens (tertiary/aromatic N) is 2. The van der Waals surface area contributed by atoms with Gasteiger partial charge in [-0.05, 0) is 44.8 Å². The second-order valence-corrected chi connectivity index (χ2v) is 6.20. The largest absolute Gasteiger partial charge is 0.468 e. The van der Waals surface area contributed by atoms with E-state index in [0.29, 0.717) is 0 Å². The molecule has 144 valence electrons. The summed E-state index contributed by atoms with van der Waals surface area (Å²) < 4.78 is 14.9. The highest BCUT2D eigenvalue weighted by molar-refractivity contribution is 6.04. The average molecular weight is 368 g/mol. The number of hydrogen-bond donors (Lipinski definition) is 0. The second kappa shape index (κ2) is 7.76. The summed E-state index contributed by atoms with van der Waals surface area (Å²) in [6.45, 7) is 5.08. The van der Waals surface area contributed by atoms with Gasteiger partial charge in [0.25, 0.3) is 0 Å². The molecule has 2 amide bonds. The molecule has 0 aromatic rings. The molecular weight excluding hydrogens is 344 g/mol. The van der Waals surface area contributed by atoms with Gasteiger partial charge in [-0.1, -0.05) is 0 Å². The molecule has 2 aliphatic rings. The Morgan fingerprint density at radius 3 is 1.65 bits per heavy atom. The summed E-state index contributed by atoms with van der Waals surface area (Å²) in [6.07, 6.45) is -1.05. The molecule has 0 aromatic carbocycles. The minimum absolute atomic E-state index is 0.0546. The summed E-state index contributed by atoms with van der Waals surface area (Å²) in [5.74, 6) is -0.908. The van der Waals surface area contributed by atoms with Crippen molar-refractivity contribution in [2.45, 2.75) is 33.6 Å². The summed E-state index contributed by atoms with van der Waals surface area (Å²) in [7, 11) is 1.24. The molecule has 1 aliphatic heterocycles. The van der Waals surface area contributed by atoms with Crippen molar-refractivity contribution in [2.75, 3.05) is 33.4 Å². The number of rotatable bonds is 4. The first-order valence-corrected chi connectivity index (χ1v) is 8.48. The minimum Gasteiger partial charge on any atom is -0.468 e. The molecule has 0 saturated heterocycles. The molecule has 2 rings (SSSR count). The number of amides is 2. The molecule has 0 fully saturated rings. The van der Waals surface area contributed by atoms with E-state index in [4.69, 9.17) is 14.2 Å². The first kappa shape index (κ1) is 19.7. The fourth-order valence-electron chi connectivity index (χ4n) is 3.36. The molecule has 0 unspecified atom stereocenters. The molecule has 0 spiro atoms. The maximum absolute atomic E-state index is 12.3. The van der Waals surface area contributed by atoms with E-state index in [2.05, 4.69) is 0 Å². The zero-order valence-corrected chi connectivity index (χ0v) is 15.5. The van der Waals surface area contributed by atoms with Crippen LogP contribution in [0.2, 0.25) is 0 Å². The van der Waals surface area contributed by atoms with Gasteiger partial charge in [0.15, 0.2) is 0 Å². The van der Waals surface area contributed by atoms with Gasteiger partial charge in [0.2, 0.25) is 0 Å². The molecule has 0 radical (unpaired) electrons. The van der Waals surface area contributed by atoms with Gasteiger partial charge in [-0.3, -0.25) is 9.59 Å². The zero-order valence-electron chi connectivity index (χ0n) is 15.5. The molecule has 0 aromatic heterocycles. The Kier molecular flexibility index (Phi) is 5.89. The van der Waals surface area contributed by atoms with Crippen LogP contribution in [0.1, 0.15) is 33.6 Å². The summed E-state index contributed by atoms with van der Waals surface area (Å²) >= 11 is 0. The lowest BCUT2D eigenvalue weighted by atomic mass is 9.80. The molecule has 0 saturated carbocycles. The smallest absolute Gasteiger partial charge is 0.429 e. The van der Waals surface area contributed by atoms with Gasteiger partial charge >= 0.3 is 18.2 Å². The number of ether oxygens (including phenoxy) is 3. The lowest BCUT2D eigenvalue weighted by Crippen LogP contribution is -2.53. The van der Waals surface area contributed by atoms with Gasteiger partial charge in [-0.15, -0.1) is 0 Å². The van der Waals surface area contributed by atoms with Crippen molar-refractivity contribution in [3.05, 3.63) is 11.1 Å². The van der Waals surface area contributed by atoms with Crippen molar-refractivity contribution in [1.82, 2.24) is 10.0 Å². The molecule has 0 atom stereocenters. The van der Waals surface area contributed by atoms with Gasteiger partial charge in [-0.25, -0.2) is 19.6 Å². The van der Waals surface area contributed by atoms with Crippen LogP contribution in [-0.4, -0.2) is 67.4 Å². The van der Waals surface area contributed by atoms with Crippen LogP contribution in [0.4, 0.5) is 9.59 Å². The van der Waals surface area contributed by atoms with Crippen LogP contribution in [0.25, 0.3) is 0 Å². The third-order valence-corrected chi connectivity index (χ3v) is 4.71. The number of ketones is 1. The number of carbonyl (C=O) groups excluding carboxylic acids is 4. The quantitative estimate of drug-likeness (QED) is 0.322. The summed E-state index contributed by atoms with van der Waals surface area (Å²) in [5, 5.41) is 2.29. The Morgan fingerprint density at radius 1 is 0.923 bits per heavy atom. The van der Waals surface area contributed by atoms with Gasteiger partial charge < -0.3 is 14.2 Å². The van der Waals surface area contributed by atoms with E-state index in [1.54, 1.807) is 13.8 Å². The van der Waals surface area contributed by atoms with E-state index in [1.165, 1.54) is 14.0 Å². The van der Waals surface area contributed by atoms with Crippen molar-refractivity contribution in [1.29, 1.82) is 0 Å². The molecule has 0 N–H and O–H groups in total. The number of hydrogen-bond acceptors (Lipinski definition) is 7. The lowest BCUT2D eigenvalue weighted by Gasteiger charge is -2.37. The molecule has 9 nitrogen and oxygen atoms in total. The third kappa shape index (κ3) is 3.38. The maximum atomic E-state index is 12.3. The van der Waals surface area contributed by atoms with E-state index < -0.39 is 23.6 Å². The first-order chi connectivity index (χ1) is 12.3. The van der Waals surface area contributed by atoms with Crippen molar-refractivity contribution >= 4 is 23.9 Å². The Bertz CT molecular complexity index is 617. The van der Waals surface area contributed by atoms with Crippen LogP contribution in [0.3, 0.4) is 0 Å².